The predicted octanol–water partition coefficient (Wildman–Crippen LogP) is 3.90. The topological polar surface area (TPSA) is 194 Å². The average Bonchev–Trinajstić information content (AvgIpc) is 3.30. The number of benzene rings is 3. The molecule has 12 heteroatoms. The summed E-state index contributed by atoms with van der Waals surface area (Å²) in [5.74, 6) is -2.74. The molecule has 1 heterocycles. The van der Waals surface area contributed by atoms with Crippen molar-refractivity contribution in [2.45, 2.75) is 32.7 Å². The maximum Gasteiger partial charge on any atom is 0.335 e. The minimum Gasteiger partial charge on any atom is -0.478 e. The van der Waals surface area contributed by atoms with Gasteiger partial charge in [-0.3, -0.25) is 19.4 Å². The monoisotopic (exact) mass is 609 g/mol. The Morgan fingerprint density at radius 1 is 0.911 bits per heavy atom. The highest BCUT2D eigenvalue weighted by Crippen LogP contribution is 2.39. The number of carboxylic acids is 1. The lowest BCUT2D eigenvalue weighted by Gasteiger charge is -2.19. The number of aromatic nitrogens is 1. The van der Waals surface area contributed by atoms with Crippen LogP contribution in [0.15, 0.2) is 89.9 Å². The Balaban J connectivity index is 1.86. The number of nitrogens with two attached hydrogens (primary N) is 2. The highest BCUT2D eigenvalue weighted by Gasteiger charge is 2.30. The molecule has 0 fully saturated rings. The molecule has 4 aromatic rings. The number of anilines is 2. The smallest absolute Gasteiger partial charge is 0.335 e. The van der Waals surface area contributed by atoms with E-state index in [9.17, 15) is 24.3 Å². The fourth-order valence-corrected chi connectivity index (χ4v) is 5.01. The second kappa shape index (κ2) is 14.5. The first kappa shape index (κ1) is 32.0. The molecule has 12 nitrogen and oxygen atoms in total. The van der Waals surface area contributed by atoms with Crippen LogP contribution < -0.4 is 27.4 Å². The van der Waals surface area contributed by atoms with Gasteiger partial charge in [-0.1, -0.05) is 54.6 Å². The summed E-state index contributed by atoms with van der Waals surface area (Å²) in [6.07, 6.45) is 0.629. The Bertz CT molecular complexity index is 1730. The molecule has 4 rings (SSSR count). The molecule has 232 valence electrons. The van der Waals surface area contributed by atoms with Crippen LogP contribution in [0.1, 0.15) is 46.2 Å². The van der Waals surface area contributed by atoms with Crippen LogP contribution in [0.4, 0.5) is 11.4 Å². The number of hydrogen-bond donors (Lipinski definition) is 6. The van der Waals surface area contributed by atoms with Gasteiger partial charge in [-0.2, -0.15) is 0 Å². The third-order valence-electron chi connectivity index (χ3n) is 6.95. The molecule has 45 heavy (non-hydrogen) atoms. The van der Waals surface area contributed by atoms with Crippen molar-refractivity contribution >= 4 is 41.0 Å². The van der Waals surface area contributed by atoms with Crippen LogP contribution in [0.2, 0.25) is 0 Å². The quantitative estimate of drug-likeness (QED) is 0.0796. The number of carboxylic acid groups (broad SMARTS) is 1. The summed E-state index contributed by atoms with van der Waals surface area (Å²) in [6, 6.07) is 23.6. The summed E-state index contributed by atoms with van der Waals surface area (Å²) >= 11 is 0. The summed E-state index contributed by atoms with van der Waals surface area (Å²) in [5, 5.41) is 17.9. The summed E-state index contributed by atoms with van der Waals surface area (Å²) in [7, 11) is 0. The molecule has 0 aliphatic heterocycles. The SMILES string of the molecule is CC(=O)NC(CCCN=C(N)N)C(=O)Nc1c(C(=O)Nc2cccc(C(=O)O)c2)c(C)n(-c2ccccc2)c1-c1ccccc1. The summed E-state index contributed by atoms with van der Waals surface area (Å²) in [4.78, 5) is 55.5. The molecule has 0 aliphatic carbocycles. The molecule has 0 spiro atoms. The van der Waals surface area contributed by atoms with Crippen molar-refractivity contribution in [1.82, 2.24) is 9.88 Å². The third-order valence-corrected chi connectivity index (χ3v) is 6.95. The molecule has 1 aromatic heterocycles. The van der Waals surface area contributed by atoms with Crippen LogP contribution in [0.3, 0.4) is 0 Å². The lowest BCUT2D eigenvalue weighted by atomic mass is 10.1. The number of amides is 3. The molecular formula is C33H35N7O5. The van der Waals surface area contributed by atoms with E-state index in [1.165, 1.54) is 25.1 Å². The molecule has 3 aromatic carbocycles. The van der Waals surface area contributed by atoms with Gasteiger partial charge < -0.3 is 37.1 Å². The molecule has 0 aliphatic rings. The number of nitrogens with one attached hydrogen (secondary N) is 3. The van der Waals surface area contributed by atoms with Crippen molar-refractivity contribution in [3.05, 3.63) is 102 Å². The van der Waals surface area contributed by atoms with E-state index < -0.39 is 29.7 Å². The maximum absolute atomic E-state index is 14.0. The molecule has 0 saturated heterocycles. The predicted molar refractivity (Wildman–Crippen MR) is 173 cm³/mol. The highest BCUT2D eigenvalue weighted by molar-refractivity contribution is 6.15. The van der Waals surface area contributed by atoms with Crippen molar-refractivity contribution in [2.75, 3.05) is 17.2 Å². The Kier molecular flexibility index (Phi) is 10.3. The van der Waals surface area contributed by atoms with Gasteiger partial charge in [-0.25, -0.2) is 4.79 Å². The van der Waals surface area contributed by atoms with Crippen molar-refractivity contribution in [3.63, 3.8) is 0 Å². The fourth-order valence-electron chi connectivity index (χ4n) is 5.01. The Hall–Kier alpha value is -5.91. The number of para-hydroxylation sites is 1. The zero-order valence-corrected chi connectivity index (χ0v) is 24.9. The number of aromatic carboxylic acids is 1. The number of rotatable bonds is 12. The minimum absolute atomic E-state index is 0.00348. The summed E-state index contributed by atoms with van der Waals surface area (Å²) in [5.41, 5.74) is 14.0. The lowest BCUT2D eigenvalue weighted by Crippen LogP contribution is -2.43. The van der Waals surface area contributed by atoms with E-state index in [0.717, 1.165) is 11.3 Å². The standard InChI is InChI=1S/C33H35N7O5/c1-20-27(31(43)38-24-14-9-13-23(19-24)32(44)45)28(39-30(42)26(37-21(2)41)17-10-18-36-33(34)35)29(22-11-5-3-6-12-22)40(20)25-15-7-4-8-16-25/h3-9,11-16,19,26H,10,17-18H2,1-2H3,(H,37,41)(H,38,43)(H,39,42)(H,44,45)(H4,34,35,36). The Morgan fingerprint density at radius 2 is 1.58 bits per heavy atom. The van der Waals surface area contributed by atoms with Gasteiger partial charge in [0, 0.05) is 36.1 Å². The van der Waals surface area contributed by atoms with Crippen LogP contribution in [0.25, 0.3) is 16.9 Å². The van der Waals surface area contributed by atoms with Crippen molar-refractivity contribution < 1.29 is 24.3 Å². The highest BCUT2D eigenvalue weighted by atomic mass is 16.4. The third kappa shape index (κ3) is 7.93. The van der Waals surface area contributed by atoms with Gasteiger partial charge >= 0.3 is 5.97 Å². The van der Waals surface area contributed by atoms with E-state index in [2.05, 4.69) is 20.9 Å². The average molecular weight is 610 g/mol. The van der Waals surface area contributed by atoms with E-state index in [4.69, 9.17) is 11.5 Å². The second-order valence-electron chi connectivity index (χ2n) is 10.3. The number of carbonyl (C=O) groups excluding carboxylic acids is 3. The second-order valence-corrected chi connectivity index (χ2v) is 10.3. The van der Waals surface area contributed by atoms with Gasteiger partial charge in [0.25, 0.3) is 5.91 Å². The Morgan fingerprint density at radius 3 is 2.20 bits per heavy atom. The number of guanidine groups is 1. The minimum atomic E-state index is -1.14. The largest absolute Gasteiger partial charge is 0.478 e. The van der Waals surface area contributed by atoms with Crippen LogP contribution >= 0.6 is 0 Å². The first-order valence-corrected chi connectivity index (χ1v) is 14.2. The van der Waals surface area contributed by atoms with Crippen molar-refractivity contribution in [3.8, 4) is 16.9 Å². The van der Waals surface area contributed by atoms with Gasteiger partial charge in [0.2, 0.25) is 11.8 Å². The normalized spacial score (nSPS) is 11.2. The molecule has 0 radical (unpaired) electrons. The number of aliphatic imine (C=N–C) groups is 1. The molecule has 3 amide bonds. The van der Waals surface area contributed by atoms with E-state index in [1.807, 2.05) is 65.2 Å². The molecule has 1 unspecified atom stereocenters. The first-order chi connectivity index (χ1) is 21.6. The maximum atomic E-state index is 14.0. The number of hydrogen-bond acceptors (Lipinski definition) is 5. The van der Waals surface area contributed by atoms with E-state index in [1.54, 1.807) is 13.0 Å². The summed E-state index contributed by atoms with van der Waals surface area (Å²) < 4.78 is 1.87. The van der Waals surface area contributed by atoms with Crippen molar-refractivity contribution in [1.29, 1.82) is 0 Å². The molecule has 0 saturated carbocycles. The molecular weight excluding hydrogens is 574 g/mol. The molecule has 8 N–H and O–H groups in total. The van der Waals surface area contributed by atoms with Crippen LogP contribution in [0.5, 0.6) is 0 Å². The summed E-state index contributed by atoms with van der Waals surface area (Å²) in [6.45, 7) is 3.33. The zero-order valence-electron chi connectivity index (χ0n) is 24.9. The van der Waals surface area contributed by atoms with Gasteiger partial charge in [-0.15, -0.1) is 0 Å². The zero-order chi connectivity index (χ0) is 32.5. The van der Waals surface area contributed by atoms with E-state index in [-0.39, 0.29) is 41.4 Å². The first-order valence-electron chi connectivity index (χ1n) is 14.2. The van der Waals surface area contributed by atoms with Gasteiger partial charge in [0.15, 0.2) is 5.96 Å². The van der Waals surface area contributed by atoms with Gasteiger partial charge in [0.05, 0.1) is 22.5 Å². The van der Waals surface area contributed by atoms with Crippen LogP contribution in [0, 0.1) is 6.92 Å². The number of carbonyl (C=O) groups is 4. The van der Waals surface area contributed by atoms with Crippen LogP contribution in [-0.2, 0) is 9.59 Å². The van der Waals surface area contributed by atoms with Crippen molar-refractivity contribution in [2.24, 2.45) is 16.5 Å². The van der Waals surface area contributed by atoms with Gasteiger partial charge in [0.1, 0.15) is 6.04 Å². The fraction of sp³-hybridized carbons (Fsp3) is 0.182. The lowest BCUT2D eigenvalue weighted by molar-refractivity contribution is -0.125. The van der Waals surface area contributed by atoms with Gasteiger partial charge in [-0.05, 0) is 50.1 Å². The van der Waals surface area contributed by atoms with Crippen LogP contribution in [-0.4, -0.2) is 51.9 Å². The Labute approximate surface area is 260 Å². The van der Waals surface area contributed by atoms with E-state index >= 15 is 0 Å². The molecule has 0 bridgehead atoms. The number of nitrogens with zero attached hydrogens (tertiary/aromatic N) is 2. The van der Waals surface area contributed by atoms with E-state index in [0.29, 0.717) is 17.8 Å². The molecule has 1 atom stereocenters.